The van der Waals surface area contributed by atoms with Gasteiger partial charge in [0.25, 0.3) is 0 Å². The molecule has 172 valence electrons. The van der Waals surface area contributed by atoms with Gasteiger partial charge in [0, 0.05) is 38.7 Å². The van der Waals surface area contributed by atoms with E-state index in [4.69, 9.17) is 0 Å². The number of hydrogen-bond acceptors (Lipinski definition) is 7. The molecule has 1 aromatic carbocycles. The van der Waals surface area contributed by atoms with Gasteiger partial charge in [-0.15, -0.1) is 0 Å². The molecule has 1 aromatic rings. The van der Waals surface area contributed by atoms with Crippen molar-refractivity contribution in [1.29, 1.82) is 0 Å². The van der Waals surface area contributed by atoms with Crippen molar-refractivity contribution in [1.82, 2.24) is 14.3 Å². The minimum atomic E-state index is -3.71. The predicted molar refractivity (Wildman–Crippen MR) is 116 cm³/mol. The second-order valence-corrected chi connectivity index (χ2v) is 12.5. The molecule has 2 aliphatic heterocycles. The van der Waals surface area contributed by atoms with E-state index in [1.807, 2.05) is 0 Å². The van der Waals surface area contributed by atoms with Gasteiger partial charge in [0.05, 0.1) is 22.4 Å². The molecule has 3 rings (SSSR count). The summed E-state index contributed by atoms with van der Waals surface area (Å²) < 4.78 is 51.0. The molecule has 0 spiro atoms. The summed E-state index contributed by atoms with van der Waals surface area (Å²) >= 11 is 0. The number of sulfonamides is 1. The van der Waals surface area contributed by atoms with Gasteiger partial charge in [-0.25, -0.2) is 21.8 Å². The minimum absolute atomic E-state index is 0.0413. The van der Waals surface area contributed by atoms with Crippen LogP contribution in [0.5, 0.6) is 0 Å². The molecule has 0 saturated carbocycles. The maximum absolute atomic E-state index is 13.2. The SMILES string of the molecule is CC(=O)c1ccc(S(=O)(=O)N2CCC(C(=O)N([C@H]3CCS(=O)(=O)C3)N(C)C)CC2)cc1. The highest BCUT2D eigenvalue weighted by Crippen LogP contribution is 2.28. The third-order valence-electron chi connectivity index (χ3n) is 5.91. The Morgan fingerprint density at radius 2 is 1.61 bits per heavy atom. The second-order valence-electron chi connectivity index (χ2n) is 8.35. The molecule has 31 heavy (non-hydrogen) atoms. The number of hydrazine groups is 1. The number of sulfone groups is 1. The van der Waals surface area contributed by atoms with Crippen molar-refractivity contribution in [2.75, 3.05) is 38.7 Å². The summed E-state index contributed by atoms with van der Waals surface area (Å²) in [7, 11) is -3.42. The van der Waals surface area contributed by atoms with Crippen molar-refractivity contribution in [3.63, 3.8) is 0 Å². The smallest absolute Gasteiger partial charge is 0.243 e. The molecule has 1 atom stereocenters. The lowest BCUT2D eigenvalue weighted by Gasteiger charge is -2.38. The van der Waals surface area contributed by atoms with Gasteiger partial charge < -0.3 is 0 Å². The van der Waals surface area contributed by atoms with Gasteiger partial charge in [0.15, 0.2) is 15.6 Å². The zero-order chi connectivity index (χ0) is 23.0. The number of amides is 1. The topological polar surface area (TPSA) is 112 Å². The summed E-state index contributed by atoms with van der Waals surface area (Å²) in [5.41, 5.74) is 0.445. The fourth-order valence-corrected chi connectivity index (χ4v) is 7.37. The van der Waals surface area contributed by atoms with Crippen molar-refractivity contribution < 1.29 is 26.4 Å². The number of hydrogen-bond donors (Lipinski definition) is 0. The highest BCUT2D eigenvalue weighted by Gasteiger charge is 2.40. The van der Waals surface area contributed by atoms with Gasteiger partial charge in [-0.05, 0) is 38.3 Å². The van der Waals surface area contributed by atoms with Crippen molar-refractivity contribution in [2.24, 2.45) is 5.92 Å². The Labute approximate surface area is 183 Å². The molecule has 2 saturated heterocycles. The molecule has 9 nitrogen and oxygen atoms in total. The number of rotatable bonds is 6. The molecular formula is C20H29N3O6S2. The van der Waals surface area contributed by atoms with Crippen molar-refractivity contribution in [3.05, 3.63) is 29.8 Å². The molecule has 0 bridgehead atoms. The van der Waals surface area contributed by atoms with Crippen LogP contribution in [0.15, 0.2) is 29.2 Å². The molecule has 0 aliphatic carbocycles. The number of ketones is 1. The molecule has 0 radical (unpaired) electrons. The van der Waals surface area contributed by atoms with E-state index >= 15 is 0 Å². The van der Waals surface area contributed by atoms with Crippen LogP contribution in [-0.2, 0) is 24.7 Å². The van der Waals surface area contributed by atoms with E-state index in [9.17, 15) is 26.4 Å². The molecule has 2 aliphatic rings. The first-order valence-electron chi connectivity index (χ1n) is 10.2. The average molecular weight is 472 g/mol. The van der Waals surface area contributed by atoms with Crippen LogP contribution in [0.25, 0.3) is 0 Å². The lowest BCUT2D eigenvalue weighted by atomic mass is 9.96. The fourth-order valence-electron chi connectivity index (χ4n) is 4.21. The lowest BCUT2D eigenvalue weighted by molar-refractivity contribution is -0.155. The second kappa shape index (κ2) is 8.97. The minimum Gasteiger partial charge on any atom is -0.295 e. The quantitative estimate of drug-likeness (QED) is 0.445. The average Bonchev–Trinajstić information content (AvgIpc) is 3.07. The number of carbonyl (C=O) groups excluding carboxylic acids is 2. The van der Waals surface area contributed by atoms with E-state index < -0.39 is 19.9 Å². The summed E-state index contributed by atoms with van der Waals surface area (Å²) in [6, 6.07) is 5.47. The summed E-state index contributed by atoms with van der Waals surface area (Å²) in [5, 5.41) is 3.16. The normalized spacial score (nSPS) is 22.5. The summed E-state index contributed by atoms with van der Waals surface area (Å²) in [6.07, 6.45) is 1.15. The van der Waals surface area contributed by atoms with Crippen LogP contribution in [0.2, 0.25) is 0 Å². The van der Waals surface area contributed by atoms with Gasteiger partial charge in [-0.1, -0.05) is 12.1 Å². The number of Topliss-reactive ketones (excluding diaryl/α,β-unsaturated/α-hetero) is 1. The highest BCUT2D eigenvalue weighted by atomic mass is 32.2. The van der Waals surface area contributed by atoms with Crippen LogP contribution >= 0.6 is 0 Å². The van der Waals surface area contributed by atoms with Crippen LogP contribution in [0, 0.1) is 5.92 Å². The molecular weight excluding hydrogens is 442 g/mol. The summed E-state index contributed by atoms with van der Waals surface area (Å²) in [6.45, 7) is 1.83. The van der Waals surface area contributed by atoms with E-state index in [1.54, 1.807) is 19.1 Å². The van der Waals surface area contributed by atoms with Gasteiger partial charge >= 0.3 is 0 Å². The van der Waals surface area contributed by atoms with Crippen LogP contribution in [-0.4, -0.2) is 87.6 Å². The first-order chi connectivity index (χ1) is 14.4. The van der Waals surface area contributed by atoms with E-state index in [0.717, 1.165) is 0 Å². The van der Waals surface area contributed by atoms with Crippen molar-refractivity contribution in [3.8, 4) is 0 Å². The number of piperidine rings is 1. The van der Waals surface area contributed by atoms with Crippen LogP contribution in [0.1, 0.15) is 36.5 Å². The Kier molecular flexibility index (Phi) is 6.90. The first kappa shape index (κ1) is 23.8. The number of nitrogens with zero attached hydrogens (tertiary/aromatic N) is 3. The van der Waals surface area contributed by atoms with Crippen LogP contribution in [0.3, 0.4) is 0 Å². The van der Waals surface area contributed by atoms with Crippen LogP contribution in [0.4, 0.5) is 0 Å². The van der Waals surface area contributed by atoms with E-state index in [2.05, 4.69) is 0 Å². The molecule has 0 aromatic heterocycles. The zero-order valence-corrected chi connectivity index (χ0v) is 19.7. The predicted octanol–water partition coefficient (Wildman–Crippen LogP) is 0.782. The third-order valence-corrected chi connectivity index (χ3v) is 9.58. The molecule has 0 N–H and O–H groups in total. The maximum atomic E-state index is 13.2. The lowest BCUT2D eigenvalue weighted by Crippen LogP contribution is -2.53. The molecule has 1 amide bonds. The highest BCUT2D eigenvalue weighted by molar-refractivity contribution is 7.91. The Hall–Kier alpha value is -1.82. The van der Waals surface area contributed by atoms with E-state index in [-0.39, 0.29) is 53.1 Å². The van der Waals surface area contributed by atoms with Crippen LogP contribution < -0.4 is 0 Å². The summed E-state index contributed by atoms with van der Waals surface area (Å²) in [4.78, 5) is 24.7. The first-order valence-corrected chi connectivity index (χ1v) is 13.5. The van der Waals surface area contributed by atoms with E-state index in [0.29, 0.717) is 24.8 Å². The summed E-state index contributed by atoms with van der Waals surface area (Å²) in [5.74, 6) is -0.620. The molecule has 0 unspecified atom stereocenters. The van der Waals surface area contributed by atoms with Crippen molar-refractivity contribution in [2.45, 2.75) is 37.1 Å². The Morgan fingerprint density at radius 1 is 1.03 bits per heavy atom. The Bertz CT molecular complexity index is 1040. The van der Waals surface area contributed by atoms with E-state index in [1.165, 1.54) is 40.5 Å². The zero-order valence-electron chi connectivity index (χ0n) is 18.0. The van der Waals surface area contributed by atoms with Gasteiger partial charge in [-0.3, -0.25) is 14.6 Å². The maximum Gasteiger partial charge on any atom is 0.243 e. The standard InChI is InChI=1S/C20H29N3O6S2/c1-15(24)16-4-6-19(7-5-16)31(28,29)22-11-8-17(9-12-22)20(25)23(21(2)3)18-10-13-30(26,27)14-18/h4-7,17-18H,8-14H2,1-3H3/t18-/m0/s1. The third kappa shape index (κ3) is 5.16. The largest absolute Gasteiger partial charge is 0.295 e. The number of benzene rings is 1. The number of carbonyl (C=O) groups is 2. The Balaban J connectivity index is 1.67. The van der Waals surface area contributed by atoms with Gasteiger partial charge in [0.2, 0.25) is 15.9 Å². The molecule has 11 heteroatoms. The van der Waals surface area contributed by atoms with Gasteiger partial charge in [-0.2, -0.15) is 4.31 Å². The van der Waals surface area contributed by atoms with Crippen molar-refractivity contribution >= 4 is 31.6 Å². The monoisotopic (exact) mass is 471 g/mol. The Morgan fingerprint density at radius 3 is 2.06 bits per heavy atom. The molecule has 2 heterocycles. The molecule has 2 fully saturated rings. The van der Waals surface area contributed by atoms with Gasteiger partial charge in [0.1, 0.15) is 0 Å². The fraction of sp³-hybridized carbons (Fsp3) is 0.600.